The quantitative estimate of drug-likeness (QED) is 0.232. The van der Waals surface area contributed by atoms with Crippen molar-refractivity contribution in [2.45, 2.75) is 40.9 Å². The van der Waals surface area contributed by atoms with Crippen LogP contribution in [0.25, 0.3) is 0 Å². The molecule has 0 radical (unpaired) electrons. The Hall–Kier alpha value is -1.80. The summed E-state index contributed by atoms with van der Waals surface area (Å²) < 4.78 is 226. The molecular weight excluding hydrogens is 519 g/mol. The Morgan fingerprint density at radius 2 is 1.10 bits per heavy atom. The summed E-state index contributed by atoms with van der Waals surface area (Å²) in [4.78, 5) is 10.9. The molecule has 0 aliphatic carbocycles. The zero-order valence-electron chi connectivity index (χ0n) is 13.2. The number of carbonyl (C=O) groups is 1. The standard InChI is InChI=1S/C10HF17O3Si/c11-1(2(12)13)3(28)29-8(31(9(22,23)24)10(25,26)27)6(18,19)4(14,15)5(16,17)7(20,21)30-8/h31H. The summed E-state index contributed by atoms with van der Waals surface area (Å²) in [6, 6.07) is 0. The predicted molar refractivity (Wildman–Crippen MR) is 59.3 cm³/mol. The van der Waals surface area contributed by atoms with Crippen molar-refractivity contribution in [1.82, 2.24) is 0 Å². The molecule has 0 spiro atoms. The van der Waals surface area contributed by atoms with Crippen molar-refractivity contribution in [2.24, 2.45) is 0 Å². The summed E-state index contributed by atoms with van der Waals surface area (Å²) in [6.45, 7) is 0. The minimum Gasteiger partial charge on any atom is -0.424 e. The maximum absolute atomic E-state index is 14.0. The van der Waals surface area contributed by atoms with Crippen LogP contribution >= 0.6 is 0 Å². The Balaban J connectivity index is 4.11. The van der Waals surface area contributed by atoms with Gasteiger partial charge in [0.25, 0.3) is 11.2 Å². The average molecular weight is 520 g/mol. The Kier molecular flexibility index (Phi) is 6.24. The van der Waals surface area contributed by atoms with Crippen LogP contribution in [0.3, 0.4) is 0 Å². The van der Waals surface area contributed by atoms with Crippen molar-refractivity contribution in [2.75, 3.05) is 0 Å². The fraction of sp³-hybridized carbons (Fsp3) is 0.700. The maximum Gasteiger partial charge on any atom is 0.429 e. The first-order valence-corrected chi connectivity index (χ1v) is 8.33. The molecule has 1 unspecified atom stereocenters. The Labute approximate surface area is 158 Å². The van der Waals surface area contributed by atoms with Gasteiger partial charge in [0, 0.05) is 0 Å². The predicted octanol–water partition coefficient (Wildman–Crippen LogP) is 4.80. The minimum absolute atomic E-state index is 2.07. The number of halogens is 17. The Morgan fingerprint density at radius 3 is 1.42 bits per heavy atom. The summed E-state index contributed by atoms with van der Waals surface area (Å²) in [6.07, 6.45) is -11.4. The molecule has 182 valence electrons. The smallest absolute Gasteiger partial charge is 0.424 e. The highest BCUT2D eigenvalue weighted by Crippen LogP contribution is 2.65. The molecule has 1 fully saturated rings. The van der Waals surface area contributed by atoms with Gasteiger partial charge in [0.1, 0.15) is 0 Å². The van der Waals surface area contributed by atoms with E-state index in [9.17, 15) is 79.4 Å². The second-order valence-electron chi connectivity index (χ2n) is 5.49. The summed E-state index contributed by atoms with van der Waals surface area (Å²) in [5.41, 5.74) is -7.11. The third kappa shape index (κ3) is 3.82. The molecule has 1 saturated heterocycles. The summed E-state index contributed by atoms with van der Waals surface area (Å²) in [7, 11) is -8.45. The molecular formula is C10HF17O3Si. The Bertz CT molecular complexity index is 749. The SMILES string of the molecule is O=C(OC1([SiH](C(F)(F)F)C(F)(F)F)OC(F)(F)C(F)(F)C(F)(F)C1(F)F)C(F)=C(F)F. The molecule has 1 heterocycles. The zero-order valence-corrected chi connectivity index (χ0v) is 14.4. The molecule has 1 rings (SSSR count). The van der Waals surface area contributed by atoms with E-state index in [2.05, 4.69) is 9.47 Å². The first kappa shape index (κ1) is 27.2. The lowest BCUT2D eigenvalue weighted by Gasteiger charge is -2.52. The zero-order chi connectivity index (χ0) is 25.2. The van der Waals surface area contributed by atoms with Crippen molar-refractivity contribution >= 4 is 14.8 Å². The Morgan fingerprint density at radius 1 is 0.710 bits per heavy atom. The topological polar surface area (TPSA) is 35.5 Å². The number of ether oxygens (including phenoxy) is 2. The molecule has 31 heavy (non-hydrogen) atoms. The van der Waals surface area contributed by atoms with E-state index in [1.165, 1.54) is 0 Å². The number of alkyl halides is 14. The van der Waals surface area contributed by atoms with Gasteiger partial charge in [-0.15, -0.1) is 0 Å². The van der Waals surface area contributed by atoms with Crippen molar-refractivity contribution in [3.05, 3.63) is 11.9 Å². The molecule has 21 heteroatoms. The summed E-state index contributed by atoms with van der Waals surface area (Å²) in [5.74, 6) is -45.9. The van der Waals surface area contributed by atoms with Crippen LogP contribution in [0.5, 0.6) is 0 Å². The molecule has 0 aromatic carbocycles. The molecule has 3 nitrogen and oxygen atoms in total. The first-order valence-electron chi connectivity index (χ1n) is 6.60. The van der Waals surface area contributed by atoms with Crippen LogP contribution in [0.1, 0.15) is 0 Å². The van der Waals surface area contributed by atoms with E-state index in [0.717, 1.165) is 0 Å². The third-order valence-corrected chi connectivity index (χ3v) is 6.16. The molecule has 0 aromatic rings. The van der Waals surface area contributed by atoms with E-state index < -0.39 is 67.6 Å². The van der Waals surface area contributed by atoms with E-state index in [1.54, 1.807) is 0 Å². The maximum atomic E-state index is 14.0. The highest BCUT2D eigenvalue weighted by atomic mass is 28.3. The molecule has 1 atom stereocenters. The van der Waals surface area contributed by atoms with Gasteiger partial charge in [0.2, 0.25) is 0 Å². The average Bonchev–Trinajstić information content (AvgIpc) is 2.48. The van der Waals surface area contributed by atoms with Crippen LogP contribution in [0, 0.1) is 0 Å². The van der Waals surface area contributed by atoms with Crippen molar-refractivity contribution in [3.8, 4) is 0 Å². The van der Waals surface area contributed by atoms with Gasteiger partial charge in [-0.05, 0) is 0 Å². The lowest BCUT2D eigenvalue weighted by atomic mass is 9.99. The highest BCUT2D eigenvalue weighted by molar-refractivity contribution is 6.66. The highest BCUT2D eigenvalue weighted by Gasteiger charge is 2.97. The van der Waals surface area contributed by atoms with Crippen LogP contribution in [-0.2, 0) is 14.3 Å². The fourth-order valence-electron chi connectivity index (χ4n) is 2.18. The van der Waals surface area contributed by atoms with Crippen LogP contribution in [0.4, 0.5) is 74.6 Å². The fourth-order valence-corrected chi connectivity index (χ4v) is 4.45. The third-order valence-electron chi connectivity index (χ3n) is 3.50. The van der Waals surface area contributed by atoms with Crippen LogP contribution in [0.15, 0.2) is 11.9 Å². The van der Waals surface area contributed by atoms with Crippen molar-refractivity contribution in [3.63, 3.8) is 0 Å². The number of esters is 1. The molecule has 0 amide bonds. The van der Waals surface area contributed by atoms with Crippen molar-refractivity contribution in [1.29, 1.82) is 0 Å². The van der Waals surface area contributed by atoms with Crippen molar-refractivity contribution < 1.29 is 88.9 Å². The number of hydrogen-bond acceptors (Lipinski definition) is 3. The monoisotopic (exact) mass is 520 g/mol. The lowest BCUT2D eigenvalue weighted by molar-refractivity contribution is -0.530. The number of hydrogen-bond donors (Lipinski definition) is 0. The van der Waals surface area contributed by atoms with Gasteiger partial charge in [-0.1, -0.05) is 0 Å². The van der Waals surface area contributed by atoms with Gasteiger partial charge in [0.15, 0.2) is 0 Å². The van der Waals surface area contributed by atoms with Gasteiger partial charge in [-0.2, -0.15) is 74.6 Å². The number of rotatable bonds is 3. The molecule has 0 aromatic heterocycles. The second-order valence-corrected chi connectivity index (χ2v) is 8.43. The molecule has 0 N–H and O–H groups in total. The van der Waals surface area contributed by atoms with Gasteiger partial charge in [-0.25, -0.2) is 4.79 Å². The van der Waals surface area contributed by atoms with E-state index in [1.807, 2.05) is 0 Å². The lowest BCUT2D eigenvalue weighted by Crippen LogP contribution is -2.85. The summed E-state index contributed by atoms with van der Waals surface area (Å²) >= 11 is 0. The van der Waals surface area contributed by atoms with Crippen LogP contribution in [-0.4, -0.2) is 55.7 Å². The summed E-state index contributed by atoms with van der Waals surface area (Å²) in [5, 5.41) is 0. The number of carbonyl (C=O) groups excluding carboxylic acids is 1. The minimum atomic E-state index is -8.45. The van der Waals surface area contributed by atoms with E-state index in [0.29, 0.717) is 0 Å². The second kappa shape index (κ2) is 7.10. The van der Waals surface area contributed by atoms with E-state index >= 15 is 0 Å². The van der Waals surface area contributed by atoms with Crippen LogP contribution in [0.2, 0.25) is 0 Å². The molecule has 1 aliphatic heterocycles. The van der Waals surface area contributed by atoms with Gasteiger partial charge in [-0.3, -0.25) is 4.74 Å². The normalized spacial score (nSPS) is 27.0. The first-order chi connectivity index (χ1) is 13.3. The largest absolute Gasteiger partial charge is 0.429 e. The van der Waals surface area contributed by atoms with Crippen LogP contribution < -0.4 is 0 Å². The molecule has 0 saturated carbocycles. The van der Waals surface area contributed by atoms with Gasteiger partial charge < -0.3 is 4.74 Å². The van der Waals surface area contributed by atoms with E-state index in [4.69, 9.17) is 0 Å². The molecule has 1 aliphatic rings. The van der Waals surface area contributed by atoms with E-state index in [-0.39, 0.29) is 0 Å². The van der Waals surface area contributed by atoms with Gasteiger partial charge in [0.05, 0.1) is 0 Å². The van der Waals surface area contributed by atoms with Gasteiger partial charge >= 0.3 is 56.3 Å². The molecule has 0 bridgehead atoms.